The number of aromatic amines is 1. The van der Waals surface area contributed by atoms with Gasteiger partial charge in [0.2, 0.25) is 0 Å². The minimum Gasteiger partial charge on any atom is -0.303 e. The smallest absolute Gasteiger partial charge is 0.0965 e. The highest BCUT2D eigenvalue weighted by Gasteiger charge is 2.31. The summed E-state index contributed by atoms with van der Waals surface area (Å²) in [4.78, 5) is 5.36. The molecule has 4 rings (SSSR count). The number of aromatic nitrogens is 2. The lowest BCUT2D eigenvalue weighted by atomic mass is 9.97. The summed E-state index contributed by atoms with van der Waals surface area (Å²) >= 11 is 0. The summed E-state index contributed by atoms with van der Waals surface area (Å²) < 4.78 is 0. The molecule has 2 atom stereocenters. The van der Waals surface area contributed by atoms with Crippen LogP contribution in [0.5, 0.6) is 0 Å². The van der Waals surface area contributed by atoms with Crippen molar-refractivity contribution in [2.24, 2.45) is 11.8 Å². The Morgan fingerprint density at radius 3 is 2.54 bits per heavy atom. The fourth-order valence-corrected chi connectivity index (χ4v) is 4.68. The SMILES string of the molecule is C[C@H]1CN(Cc2c[nH]nc2-c2ccccc2)C[C@H]1CN1CCCCCC1. The van der Waals surface area contributed by atoms with Crippen LogP contribution in [-0.4, -0.2) is 52.7 Å². The normalized spacial score (nSPS) is 25.4. The van der Waals surface area contributed by atoms with Gasteiger partial charge in [0.05, 0.1) is 5.69 Å². The van der Waals surface area contributed by atoms with Crippen molar-refractivity contribution in [2.45, 2.75) is 39.2 Å². The Hall–Kier alpha value is -1.65. The van der Waals surface area contributed by atoms with Gasteiger partial charge in [0.25, 0.3) is 0 Å². The number of hydrogen-bond acceptors (Lipinski definition) is 3. The van der Waals surface area contributed by atoms with Gasteiger partial charge in [-0.1, -0.05) is 50.1 Å². The molecule has 4 nitrogen and oxygen atoms in total. The van der Waals surface area contributed by atoms with E-state index in [1.54, 1.807) is 0 Å². The van der Waals surface area contributed by atoms with Gasteiger partial charge in [-0.15, -0.1) is 0 Å². The summed E-state index contributed by atoms with van der Waals surface area (Å²) in [5.41, 5.74) is 3.63. The van der Waals surface area contributed by atoms with E-state index in [0.29, 0.717) is 0 Å². The lowest BCUT2D eigenvalue weighted by Gasteiger charge is -2.25. The van der Waals surface area contributed by atoms with Crippen molar-refractivity contribution in [2.75, 3.05) is 32.7 Å². The lowest BCUT2D eigenvalue weighted by molar-refractivity contribution is 0.219. The van der Waals surface area contributed by atoms with Crippen LogP contribution in [0.3, 0.4) is 0 Å². The molecule has 26 heavy (non-hydrogen) atoms. The van der Waals surface area contributed by atoms with Crippen molar-refractivity contribution in [3.63, 3.8) is 0 Å². The topological polar surface area (TPSA) is 35.2 Å². The number of H-pyrrole nitrogens is 1. The van der Waals surface area contributed by atoms with Crippen molar-refractivity contribution >= 4 is 0 Å². The molecule has 1 N–H and O–H groups in total. The Labute approximate surface area is 157 Å². The molecule has 0 unspecified atom stereocenters. The summed E-state index contributed by atoms with van der Waals surface area (Å²) in [5, 5.41) is 7.59. The standard InChI is InChI=1S/C22H32N4/c1-18-14-26(17-21(18)16-25-11-7-2-3-8-12-25)15-20-13-23-24-22(20)19-9-5-4-6-10-19/h4-6,9-10,13,18,21H,2-3,7-8,11-12,14-17H2,1H3,(H,23,24)/t18-,21+/m0/s1. The van der Waals surface area contributed by atoms with Crippen LogP contribution in [0, 0.1) is 11.8 Å². The number of nitrogens with one attached hydrogen (secondary N) is 1. The van der Waals surface area contributed by atoms with Crippen LogP contribution in [0.25, 0.3) is 11.3 Å². The largest absolute Gasteiger partial charge is 0.303 e. The van der Waals surface area contributed by atoms with Crippen LogP contribution >= 0.6 is 0 Å². The van der Waals surface area contributed by atoms with Gasteiger partial charge in [-0.05, 0) is 37.8 Å². The molecule has 2 aliphatic heterocycles. The van der Waals surface area contributed by atoms with Gasteiger partial charge in [0, 0.05) is 43.5 Å². The molecule has 4 heteroatoms. The first-order valence-corrected chi connectivity index (χ1v) is 10.3. The van der Waals surface area contributed by atoms with E-state index in [1.165, 1.54) is 69.5 Å². The predicted molar refractivity (Wildman–Crippen MR) is 107 cm³/mol. The van der Waals surface area contributed by atoms with E-state index in [9.17, 15) is 0 Å². The second kappa shape index (κ2) is 8.36. The molecule has 140 valence electrons. The van der Waals surface area contributed by atoms with E-state index >= 15 is 0 Å². The highest BCUT2D eigenvalue weighted by atomic mass is 15.2. The van der Waals surface area contributed by atoms with Crippen molar-refractivity contribution < 1.29 is 0 Å². The van der Waals surface area contributed by atoms with Crippen LogP contribution in [-0.2, 0) is 6.54 Å². The molecular formula is C22H32N4. The third-order valence-corrected chi connectivity index (χ3v) is 6.20. The van der Waals surface area contributed by atoms with Gasteiger partial charge < -0.3 is 4.90 Å². The van der Waals surface area contributed by atoms with Crippen LogP contribution in [0.15, 0.2) is 36.5 Å². The van der Waals surface area contributed by atoms with Gasteiger partial charge in [0.1, 0.15) is 0 Å². The third-order valence-electron chi connectivity index (χ3n) is 6.20. The summed E-state index contributed by atoms with van der Waals surface area (Å²) in [6, 6.07) is 10.5. The Morgan fingerprint density at radius 1 is 1.00 bits per heavy atom. The summed E-state index contributed by atoms with van der Waals surface area (Å²) in [6.07, 6.45) is 7.70. The highest BCUT2D eigenvalue weighted by Crippen LogP contribution is 2.28. The predicted octanol–water partition coefficient (Wildman–Crippen LogP) is 4.02. The molecule has 2 aromatic rings. The van der Waals surface area contributed by atoms with E-state index in [-0.39, 0.29) is 0 Å². The van der Waals surface area contributed by atoms with Gasteiger partial charge in [-0.2, -0.15) is 5.10 Å². The number of hydrogen-bond donors (Lipinski definition) is 1. The van der Waals surface area contributed by atoms with E-state index in [4.69, 9.17) is 0 Å². The summed E-state index contributed by atoms with van der Waals surface area (Å²) in [7, 11) is 0. The Morgan fingerprint density at radius 2 is 1.77 bits per heavy atom. The molecule has 2 fully saturated rings. The number of rotatable bonds is 5. The van der Waals surface area contributed by atoms with E-state index in [2.05, 4.69) is 63.4 Å². The van der Waals surface area contributed by atoms with Crippen molar-refractivity contribution in [3.05, 3.63) is 42.1 Å². The van der Waals surface area contributed by atoms with Crippen molar-refractivity contribution in [1.29, 1.82) is 0 Å². The molecule has 2 saturated heterocycles. The second-order valence-corrected chi connectivity index (χ2v) is 8.27. The highest BCUT2D eigenvalue weighted by molar-refractivity contribution is 5.62. The molecule has 0 bridgehead atoms. The van der Waals surface area contributed by atoms with Gasteiger partial charge in [0.15, 0.2) is 0 Å². The second-order valence-electron chi connectivity index (χ2n) is 8.27. The number of benzene rings is 1. The summed E-state index contributed by atoms with van der Waals surface area (Å²) in [5.74, 6) is 1.59. The van der Waals surface area contributed by atoms with E-state index in [1.807, 2.05) is 0 Å². The van der Waals surface area contributed by atoms with Crippen LogP contribution < -0.4 is 0 Å². The number of nitrogens with zero attached hydrogens (tertiary/aromatic N) is 3. The first kappa shape index (κ1) is 17.7. The van der Waals surface area contributed by atoms with Gasteiger partial charge in [-0.25, -0.2) is 0 Å². The fourth-order valence-electron chi connectivity index (χ4n) is 4.68. The maximum Gasteiger partial charge on any atom is 0.0965 e. The minimum absolute atomic E-state index is 0.783. The summed E-state index contributed by atoms with van der Waals surface area (Å²) in [6.45, 7) is 9.77. The third kappa shape index (κ3) is 4.18. The molecule has 1 aromatic heterocycles. The average Bonchev–Trinajstić information content (AvgIpc) is 3.15. The van der Waals surface area contributed by atoms with Gasteiger partial charge in [-0.3, -0.25) is 10.00 Å². The quantitative estimate of drug-likeness (QED) is 0.883. The molecule has 1 aromatic carbocycles. The molecule has 3 heterocycles. The molecule has 0 amide bonds. The van der Waals surface area contributed by atoms with Crippen LogP contribution in [0.2, 0.25) is 0 Å². The van der Waals surface area contributed by atoms with E-state index in [0.717, 1.165) is 24.1 Å². The Balaban J connectivity index is 1.37. The zero-order valence-corrected chi connectivity index (χ0v) is 16.0. The molecular weight excluding hydrogens is 320 g/mol. The maximum atomic E-state index is 4.51. The monoisotopic (exact) mass is 352 g/mol. The molecule has 0 spiro atoms. The maximum absolute atomic E-state index is 4.51. The number of likely N-dealkylation sites (tertiary alicyclic amines) is 2. The van der Waals surface area contributed by atoms with Crippen molar-refractivity contribution in [3.8, 4) is 11.3 Å². The van der Waals surface area contributed by atoms with Gasteiger partial charge >= 0.3 is 0 Å². The van der Waals surface area contributed by atoms with Crippen molar-refractivity contribution in [1.82, 2.24) is 20.0 Å². The zero-order chi connectivity index (χ0) is 17.8. The zero-order valence-electron chi connectivity index (χ0n) is 16.0. The lowest BCUT2D eigenvalue weighted by Crippen LogP contribution is -2.33. The first-order chi connectivity index (χ1) is 12.8. The van der Waals surface area contributed by atoms with E-state index < -0.39 is 0 Å². The molecule has 0 saturated carbocycles. The Bertz CT molecular complexity index is 672. The van der Waals surface area contributed by atoms with Crippen LogP contribution in [0.4, 0.5) is 0 Å². The first-order valence-electron chi connectivity index (χ1n) is 10.3. The Kier molecular flexibility index (Phi) is 5.71. The average molecular weight is 353 g/mol. The minimum atomic E-state index is 0.783. The molecule has 0 aliphatic carbocycles. The van der Waals surface area contributed by atoms with Crippen LogP contribution in [0.1, 0.15) is 38.2 Å². The fraction of sp³-hybridized carbons (Fsp3) is 0.591. The molecule has 2 aliphatic rings. The molecule has 0 radical (unpaired) electrons.